The fourth-order valence-corrected chi connectivity index (χ4v) is 4.23. The van der Waals surface area contributed by atoms with Gasteiger partial charge in [0.25, 0.3) is 0 Å². The SMILES string of the molecule is C=C(C)C(=O)OCCCCOP(=O)(CCCCCCC)OCCCCOC(=O)C(=C)C. The Morgan fingerprint density at radius 1 is 0.677 bits per heavy atom. The summed E-state index contributed by atoms with van der Waals surface area (Å²) in [7, 11) is -3.18. The molecule has 0 atom stereocenters. The van der Waals surface area contributed by atoms with E-state index in [0.717, 1.165) is 32.1 Å². The lowest BCUT2D eigenvalue weighted by Gasteiger charge is -2.19. The summed E-state index contributed by atoms with van der Waals surface area (Å²) in [5.74, 6) is -0.813. The van der Waals surface area contributed by atoms with Gasteiger partial charge in [-0.1, -0.05) is 45.8 Å². The molecule has 0 amide bonds. The van der Waals surface area contributed by atoms with Crippen molar-refractivity contribution >= 4 is 19.5 Å². The summed E-state index contributed by atoms with van der Waals surface area (Å²) in [5.41, 5.74) is 0.734. The van der Waals surface area contributed by atoms with E-state index in [0.29, 0.717) is 43.0 Å². The second-order valence-electron chi connectivity index (χ2n) is 7.66. The van der Waals surface area contributed by atoms with Crippen molar-refractivity contribution in [1.82, 2.24) is 0 Å². The molecule has 0 bridgehead atoms. The van der Waals surface area contributed by atoms with Crippen LogP contribution < -0.4 is 0 Å². The maximum atomic E-state index is 13.1. The third-order valence-electron chi connectivity index (χ3n) is 4.35. The van der Waals surface area contributed by atoms with E-state index < -0.39 is 19.5 Å². The second-order valence-corrected chi connectivity index (χ2v) is 9.85. The van der Waals surface area contributed by atoms with Crippen LogP contribution in [0.4, 0.5) is 0 Å². The van der Waals surface area contributed by atoms with Crippen LogP contribution in [0, 0.1) is 0 Å². The molecule has 0 spiro atoms. The average molecular weight is 461 g/mol. The van der Waals surface area contributed by atoms with Gasteiger partial charge in [0.2, 0.25) is 0 Å². The molecule has 180 valence electrons. The largest absolute Gasteiger partial charge is 0.462 e. The van der Waals surface area contributed by atoms with Gasteiger partial charge in [0.15, 0.2) is 0 Å². The molecular weight excluding hydrogens is 419 g/mol. The number of rotatable bonds is 20. The van der Waals surface area contributed by atoms with Crippen LogP contribution in [0.15, 0.2) is 24.3 Å². The number of carbonyl (C=O) groups is 2. The first-order valence-corrected chi connectivity index (χ1v) is 13.0. The van der Waals surface area contributed by atoms with Gasteiger partial charge in [-0.15, -0.1) is 0 Å². The highest BCUT2D eigenvalue weighted by Gasteiger charge is 2.23. The molecule has 0 aromatic carbocycles. The molecule has 0 rings (SSSR count). The molecule has 0 aliphatic heterocycles. The zero-order valence-electron chi connectivity index (χ0n) is 19.6. The minimum Gasteiger partial charge on any atom is -0.462 e. The highest BCUT2D eigenvalue weighted by molar-refractivity contribution is 7.53. The fraction of sp³-hybridized carbons (Fsp3) is 0.739. The lowest BCUT2D eigenvalue weighted by atomic mass is 10.2. The average Bonchev–Trinajstić information content (AvgIpc) is 2.72. The van der Waals surface area contributed by atoms with E-state index in [1.54, 1.807) is 13.8 Å². The van der Waals surface area contributed by atoms with E-state index in [4.69, 9.17) is 18.5 Å². The minimum atomic E-state index is -3.18. The first-order chi connectivity index (χ1) is 14.7. The number of ether oxygens (including phenoxy) is 2. The van der Waals surface area contributed by atoms with Crippen molar-refractivity contribution in [2.45, 2.75) is 78.6 Å². The third kappa shape index (κ3) is 16.9. The third-order valence-corrected chi connectivity index (χ3v) is 6.37. The normalized spacial score (nSPS) is 11.2. The van der Waals surface area contributed by atoms with Crippen molar-refractivity contribution in [2.75, 3.05) is 32.6 Å². The zero-order valence-corrected chi connectivity index (χ0v) is 20.5. The molecule has 0 saturated heterocycles. The summed E-state index contributed by atoms with van der Waals surface area (Å²) in [6.45, 7) is 13.5. The van der Waals surface area contributed by atoms with Crippen molar-refractivity contribution in [3.05, 3.63) is 24.3 Å². The lowest BCUT2D eigenvalue weighted by molar-refractivity contribution is -0.139. The summed E-state index contributed by atoms with van der Waals surface area (Å²) in [6.07, 6.45) is 8.07. The molecule has 7 nitrogen and oxygen atoms in total. The van der Waals surface area contributed by atoms with Gasteiger partial charge >= 0.3 is 19.5 Å². The van der Waals surface area contributed by atoms with Crippen LogP contribution in [0.2, 0.25) is 0 Å². The fourth-order valence-electron chi connectivity index (χ4n) is 2.47. The highest BCUT2D eigenvalue weighted by atomic mass is 31.2. The van der Waals surface area contributed by atoms with Gasteiger partial charge in [-0.25, -0.2) is 9.59 Å². The first kappa shape index (κ1) is 29.6. The predicted octanol–water partition coefficient (Wildman–Crippen LogP) is 5.98. The molecule has 0 aliphatic rings. The summed E-state index contributed by atoms with van der Waals surface area (Å²) in [5, 5.41) is 0. The van der Waals surface area contributed by atoms with E-state index in [1.807, 2.05) is 0 Å². The van der Waals surface area contributed by atoms with Crippen LogP contribution in [-0.4, -0.2) is 44.5 Å². The maximum absolute atomic E-state index is 13.1. The smallest absolute Gasteiger partial charge is 0.333 e. The van der Waals surface area contributed by atoms with E-state index in [1.165, 1.54) is 0 Å². The Labute approximate surface area is 188 Å². The molecule has 0 aromatic heterocycles. The molecule has 0 aliphatic carbocycles. The Balaban J connectivity index is 4.25. The Morgan fingerprint density at radius 3 is 1.52 bits per heavy atom. The van der Waals surface area contributed by atoms with Gasteiger partial charge < -0.3 is 18.5 Å². The Hall–Kier alpha value is -1.43. The number of hydrogen-bond acceptors (Lipinski definition) is 7. The number of unbranched alkanes of at least 4 members (excludes halogenated alkanes) is 6. The van der Waals surface area contributed by atoms with E-state index in [9.17, 15) is 14.2 Å². The molecule has 0 radical (unpaired) electrons. The molecule has 0 fully saturated rings. The van der Waals surface area contributed by atoms with Gasteiger partial charge in [-0.2, -0.15) is 0 Å². The number of esters is 2. The van der Waals surface area contributed by atoms with Crippen LogP contribution in [0.5, 0.6) is 0 Å². The molecule has 0 saturated carbocycles. The summed E-state index contributed by atoms with van der Waals surface area (Å²) < 4.78 is 34.4. The molecule has 8 heteroatoms. The number of carbonyl (C=O) groups excluding carboxylic acids is 2. The molecular formula is C23H41O7P. The quantitative estimate of drug-likeness (QED) is 0.0955. The van der Waals surface area contributed by atoms with Crippen LogP contribution in [-0.2, 0) is 32.7 Å². The van der Waals surface area contributed by atoms with Crippen LogP contribution in [0.25, 0.3) is 0 Å². The van der Waals surface area contributed by atoms with Gasteiger partial charge in [-0.3, -0.25) is 4.57 Å². The van der Waals surface area contributed by atoms with Crippen LogP contribution in [0.1, 0.15) is 78.6 Å². The zero-order chi connectivity index (χ0) is 23.5. The van der Waals surface area contributed by atoms with Crippen molar-refractivity contribution in [2.24, 2.45) is 0 Å². The molecule has 31 heavy (non-hydrogen) atoms. The van der Waals surface area contributed by atoms with Gasteiger partial charge in [-0.05, 0) is 46.0 Å². The van der Waals surface area contributed by atoms with Crippen molar-refractivity contribution in [1.29, 1.82) is 0 Å². The molecule has 0 N–H and O–H groups in total. The van der Waals surface area contributed by atoms with Crippen LogP contribution >= 0.6 is 7.60 Å². The minimum absolute atomic E-state index is 0.278. The first-order valence-electron chi connectivity index (χ1n) is 11.2. The second kappa shape index (κ2) is 18.2. The van der Waals surface area contributed by atoms with Gasteiger partial charge in [0.05, 0.1) is 32.6 Å². The Morgan fingerprint density at radius 2 is 1.10 bits per heavy atom. The number of hydrogen-bond donors (Lipinski definition) is 0. The van der Waals surface area contributed by atoms with Gasteiger partial charge in [0, 0.05) is 11.1 Å². The lowest BCUT2D eigenvalue weighted by Crippen LogP contribution is -2.08. The van der Waals surface area contributed by atoms with Crippen molar-refractivity contribution in [3.8, 4) is 0 Å². The standard InChI is InChI=1S/C23H41O7P/c1-6-7-8-9-14-19-31(26,29-17-12-10-15-27-22(24)20(2)3)30-18-13-11-16-28-23(25)21(4)5/h2,4,6-19H2,1,3,5H3. The van der Waals surface area contributed by atoms with Crippen molar-refractivity contribution < 1.29 is 32.7 Å². The van der Waals surface area contributed by atoms with E-state index >= 15 is 0 Å². The Bertz CT molecular complexity index is 559. The van der Waals surface area contributed by atoms with E-state index in [2.05, 4.69) is 20.1 Å². The summed E-state index contributed by atoms with van der Waals surface area (Å²) in [6, 6.07) is 0. The monoisotopic (exact) mass is 460 g/mol. The Kier molecular flexibility index (Phi) is 17.3. The van der Waals surface area contributed by atoms with Crippen LogP contribution in [0.3, 0.4) is 0 Å². The molecule has 0 aromatic rings. The predicted molar refractivity (Wildman–Crippen MR) is 123 cm³/mol. The molecule has 0 unspecified atom stereocenters. The topological polar surface area (TPSA) is 88.1 Å². The van der Waals surface area contributed by atoms with E-state index in [-0.39, 0.29) is 26.4 Å². The van der Waals surface area contributed by atoms with Crippen molar-refractivity contribution in [3.63, 3.8) is 0 Å². The van der Waals surface area contributed by atoms with Gasteiger partial charge in [0.1, 0.15) is 0 Å². The summed E-state index contributed by atoms with van der Waals surface area (Å²) in [4.78, 5) is 22.7. The molecule has 0 heterocycles. The maximum Gasteiger partial charge on any atom is 0.333 e. The highest BCUT2D eigenvalue weighted by Crippen LogP contribution is 2.49. The summed E-state index contributed by atoms with van der Waals surface area (Å²) >= 11 is 0.